The van der Waals surface area contributed by atoms with Crippen molar-refractivity contribution in [2.45, 2.75) is 4.90 Å². The lowest BCUT2D eigenvalue weighted by atomic mass is 9.95. The van der Waals surface area contributed by atoms with Gasteiger partial charge in [-0.1, -0.05) is 6.07 Å². The van der Waals surface area contributed by atoms with Crippen LogP contribution in [0.15, 0.2) is 32.4 Å². The van der Waals surface area contributed by atoms with Gasteiger partial charge >= 0.3 is 11.9 Å². The minimum absolute atomic E-state index is 0.223. The Morgan fingerprint density at radius 2 is 1.83 bits per heavy atom. The van der Waals surface area contributed by atoms with E-state index in [1.807, 2.05) is 6.26 Å². The summed E-state index contributed by atoms with van der Waals surface area (Å²) in [6, 6.07) is 4.79. The Balaban J connectivity index is 2.93. The highest BCUT2D eigenvalue weighted by Gasteiger charge is 2.26. The number of aromatic amines is 1. The number of carbonyl (C=O) groups is 2. The lowest BCUT2D eigenvalue weighted by Crippen LogP contribution is -2.24. The Kier molecular flexibility index (Phi) is 4.81. The normalized spacial score (nSPS) is 10.5. The van der Waals surface area contributed by atoms with E-state index in [9.17, 15) is 24.6 Å². The number of hydrogen-bond acceptors (Lipinski definition) is 5. The molecule has 1 aromatic heterocycles. The second kappa shape index (κ2) is 6.47. The third kappa shape index (κ3) is 3.10. The summed E-state index contributed by atoms with van der Waals surface area (Å²) < 4.78 is 0.647. The zero-order chi connectivity index (χ0) is 17.3. The molecule has 0 saturated heterocycles. The van der Waals surface area contributed by atoms with Crippen LogP contribution in [0, 0.1) is 0 Å². The minimum atomic E-state index is -1.53. The zero-order valence-electron chi connectivity index (χ0n) is 11.7. The van der Waals surface area contributed by atoms with Crippen molar-refractivity contribution in [2.24, 2.45) is 0 Å². The van der Waals surface area contributed by atoms with Crippen LogP contribution in [0.3, 0.4) is 0 Å². The number of nitrogen functional groups attached to an aromatic ring is 1. The van der Waals surface area contributed by atoms with Crippen molar-refractivity contribution in [1.82, 2.24) is 4.98 Å². The van der Waals surface area contributed by atoms with Gasteiger partial charge in [0.05, 0.1) is 0 Å². The molecule has 0 amide bonds. The van der Waals surface area contributed by atoms with E-state index in [0.717, 1.165) is 4.90 Å². The predicted octanol–water partition coefficient (Wildman–Crippen LogP) is 2.50. The third-order valence-corrected chi connectivity index (χ3v) is 4.83. The number of nitrogens with one attached hydrogen (secondary N) is 1. The van der Waals surface area contributed by atoms with Crippen LogP contribution in [0.1, 0.15) is 20.7 Å². The summed E-state index contributed by atoms with van der Waals surface area (Å²) in [6.07, 6.45) is 1.86. The van der Waals surface area contributed by atoms with Crippen molar-refractivity contribution in [2.75, 3.05) is 12.0 Å². The average molecular weight is 399 g/mol. The molecular formula is C14H11BrN2O5S. The Morgan fingerprint density at radius 1 is 1.22 bits per heavy atom. The first-order valence-electron chi connectivity index (χ1n) is 6.14. The summed E-state index contributed by atoms with van der Waals surface area (Å²) in [5.74, 6) is -3.36. The van der Waals surface area contributed by atoms with Gasteiger partial charge in [0.2, 0.25) is 0 Å². The van der Waals surface area contributed by atoms with E-state index in [2.05, 4.69) is 20.9 Å². The molecule has 0 atom stereocenters. The monoisotopic (exact) mass is 398 g/mol. The fourth-order valence-electron chi connectivity index (χ4n) is 2.16. The van der Waals surface area contributed by atoms with Crippen LogP contribution in [0.2, 0.25) is 0 Å². The molecular weight excluding hydrogens is 388 g/mol. The maximum atomic E-state index is 11.9. The van der Waals surface area contributed by atoms with Gasteiger partial charge in [-0.2, -0.15) is 0 Å². The van der Waals surface area contributed by atoms with Crippen molar-refractivity contribution in [3.05, 3.63) is 44.2 Å². The number of anilines is 1. The van der Waals surface area contributed by atoms with Crippen LogP contribution in [0.4, 0.5) is 5.82 Å². The van der Waals surface area contributed by atoms with E-state index >= 15 is 0 Å². The van der Waals surface area contributed by atoms with E-state index in [-0.39, 0.29) is 11.1 Å². The van der Waals surface area contributed by atoms with Crippen molar-refractivity contribution < 1.29 is 19.8 Å². The fourth-order valence-corrected chi connectivity index (χ4v) is 3.48. The Bertz CT molecular complexity index is 878. The number of carboxylic acid groups (broad SMARTS) is 2. The molecule has 2 rings (SSSR count). The van der Waals surface area contributed by atoms with E-state index in [1.54, 1.807) is 18.2 Å². The molecule has 0 fully saturated rings. The molecule has 0 radical (unpaired) electrons. The summed E-state index contributed by atoms with van der Waals surface area (Å²) in [5, 5.41) is 18.7. The van der Waals surface area contributed by atoms with E-state index in [4.69, 9.17) is 5.73 Å². The van der Waals surface area contributed by atoms with E-state index in [0.29, 0.717) is 4.47 Å². The number of aromatic carboxylic acids is 2. The van der Waals surface area contributed by atoms with Gasteiger partial charge in [-0.25, -0.2) is 9.59 Å². The van der Waals surface area contributed by atoms with Gasteiger partial charge in [0, 0.05) is 14.9 Å². The van der Waals surface area contributed by atoms with Crippen LogP contribution in [0.25, 0.3) is 11.1 Å². The van der Waals surface area contributed by atoms with Gasteiger partial charge in [-0.3, -0.25) is 4.79 Å². The second-order valence-electron chi connectivity index (χ2n) is 4.45. The van der Waals surface area contributed by atoms with Gasteiger partial charge in [0.25, 0.3) is 5.56 Å². The number of thioether (sulfide) groups is 1. The summed E-state index contributed by atoms with van der Waals surface area (Å²) in [5.41, 5.74) is 3.54. The van der Waals surface area contributed by atoms with Gasteiger partial charge in [0.15, 0.2) is 0 Å². The van der Waals surface area contributed by atoms with Crippen molar-refractivity contribution >= 4 is 45.4 Å². The Labute approximate surface area is 142 Å². The Hall–Kier alpha value is -2.26. The molecule has 5 N–H and O–H groups in total. The summed E-state index contributed by atoms with van der Waals surface area (Å²) in [6.45, 7) is 0. The number of pyridine rings is 1. The quantitative estimate of drug-likeness (QED) is 0.581. The van der Waals surface area contributed by atoms with Crippen molar-refractivity contribution in [1.29, 1.82) is 0 Å². The molecule has 23 heavy (non-hydrogen) atoms. The Morgan fingerprint density at radius 3 is 2.30 bits per heavy atom. The van der Waals surface area contributed by atoms with E-state index in [1.165, 1.54) is 11.8 Å². The summed E-state index contributed by atoms with van der Waals surface area (Å²) in [4.78, 5) is 37.8. The van der Waals surface area contributed by atoms with E-state index < -0.39 is 34.4 Å². The molecule has 0 saturated carbocycles. The lowest BCUT2D eigenvalue weighted by Gasteiger charge is -2.13. The summed E-state index contributed by atoms with van der Waals surface area (Å²) in [7, 11) is 0. The third-order valence-electron chi connectivity index (χ3n) is 3.11. The molecule has 0 unspecified atom stereocenters. The number of aromatic nitrogens is 1. The van der Waals surface area contributed by atoms with Crippen LogP contribution in [-0.2, 0) is 0 Å². The molecule has 9 heteroatoms. The highest BCUT2D eigenvalue weighted by Crippen LogP contribution is 2.34. The molecule has 7 nitrogen and oxygen atoms in total. The number of H-pyrrole nitrogens is 1. The van der Waals surface area contributed by atoms with Crippen molar-refractivity contribution in [3.8, 4) is 11.1 Å². The SMILES string of the molecule is CSc1ccc(-c2c(C(=O)O)c(N)[nH]c(=O)c2C(=O)O)cc1Br. The fraction of sp³-hybridized carbons (Fsp3) is 0.0714. The standard InChI is InChI=1S/C14H11BrN2O5S/c1-23-7-3-2-5(4-6(7)15)8-9(13(19)20)11(16)17-12(18)10(8)14(21)22/h2-4H,1H3,(H,19,20)(H,21,22)(H3,16,17,18). The second-order valence-corrected chi connectivity index (χ2v) is 6.15. The van der Waals surface area contributed by atoms with Gasteiger partial charge in [0.1, 0.15) is 16.9 Å². The molecule has 1 aromatic carbocycles. The number of halogens is 1. The van der Waals surface area contributed by atoms with Gasteiger partial charge < -0.3 is 20.9 Å². The average Bonchev–Trinajstić information content (AvgIpc) is 2.45. The number of rotatable bonds is 4. The number of hydrogen-bond donors (Lipinski definition) is 4. The predicted molar refractivity (Wildman–Crippen MR) is 90.3 cm³/mol. The zero-order valence-corrected chi connectivity index (χ0v) is 14.1. The molecule has 0 spiro atoms. The molecule has 2 aromatic rings. The van der Waals surface area contributed by atoms with Gasteiger partial charge in [-0.05, 0) is 39.9 Å². The van der Waals surface area contributed by atoms with Gasteiger partial charge in [-0.15, -0.1) is 11.8 Å². The minimum Gasteiger partial charge on any atom is -0.478 e. The molecule has 0 bridgehead atoms. The first-order valence-corrected chi connectivity index (χ1v) is 8.16. The van der Waals surface area contributed by atoms with Crippen molar-refractivity contribution in [3.63, 3.8) is 0 Å². The topological polar surface area (TPSA) is 133 Å². The van der Waals surface area contributed by atoms with Crippen LogP contribution < -0.4 is 11.3 Å². The largest absolute Gasteiger partial charge is 0.478 e. The number of nitrogens with two attached hydrogens (primary N) is 1. The number of carboxylic acids is 2. The lowest BCUT2D eigenvalue weighted by molar-refractivity contribution is 0.0695. The molecule has 0 aliphatic heterocycles. The van der Waals surface area contributed by atoms with Crippen LogP contribution in [-0.4, -0.2) is 33.4 Å². The van der Waals surface area contributed by atoms with Crippen LogP contribution in [0.5, 0.6) is 0 Å². The van der Waals surface area contributed by atoms with Crippen LogP contribution >= 0.6 is 27.7 Å². The highest BCUT2D eigenvalue weighted by atomic mass is 79.9. The first kappa shape index (κ1) is 17.1. The molecule has 120 valence electrons. The number of benzene rings is 1. The smallest absolute Gasteiger partial charge is 0.342 e. The highest BCUT2D eigenvalue weighted by molar-refractivity contribution is 9.10. The first-order chi connectivity index (χ1) is 10.8. The molecule has 1 heterocycles. The molecule has 0 aliphatic carbocycles. The maximum Gasteiger partial charge on any atom is 0.342 e. The summed E-state index contributed by atoms with van der Waals surface area (Å²) >= 11 is 4.79. The maximum absolute atomic E-state index is 11.9. The molecule has 0 aliphatic rings.